The summed E-state index contributed by atoms with van der Waals surface area (Å²) >= 11 is 0. The first-order valence-electron chi connectivity index (χ1n) is 8.84. The van der Waals surface area contributed by atoms with Crippen LogP contribution in [-0.4, -0.2) is 59.0 Å². The predicted octanol–water partition coefficient (Wildman–Crippen LogP) is 2.03. The molecule has 26 heavy (non-hydrogen) atoms. The summed E-state index contributed by atoms with van der Waals surface area (Å²) in [6.45, 7) is 8.10. The molecule has 2 fully saturated rings. The van der Waals surface area contributed by atoms with Crippen molar-refractivity contribution in [3.63, 3.8) is 0 Å². The van der Waals surface area contributed by atoms with Crippen LogP contribution < -0.4 is 0 Å². The van der Waals surface area contributed by atoms with Crippen LogP contribution in [0.5, 0.6) is 0 Å². The molecule has 0 radical (unpaired) electrons. The molecule has 0 aliphatic carbocycles. The number of carbonyl (C=O) groups excluding carboxylic acids is 1. The average molecular weight is 360 g/mol. The average Bonchev–Trinajstić information content (AvgIpc) is 3.16. The van der Waals surface area contributed by atoms with Gasteiger partial charge in [-0.05, 0) is 50.5 Å². The molecule has 2 atom stereocenters. The number of nitro groups is 1. The lowest BCUT2D eigenvalue weighted by atomic mass is 10.1. The van der Waals surface area contributed by atoms with E-state index in [4.69, 9.17) is 4.74 Å². The molecule has 0 aromatic heterocycles. The van der Waals surface area contributed by atoms with Crippen molar-refractivity contribution in [1.29, 1.82) is 0 Å². The van der Waals surface area contributed by atoms with E-state index in [0.29, 0.717) is 37.7 Å². The SMILES string of the molecule is Cc1ccc(C(=O)N2CCN(CC3COC(C)C3)C2=N[N+](=O)[O-])cc1C. The Morgan fingerprint density at radius 3 is 2.73 bits per heavy atom. The van der Waals surface area contributed by atoms with Crippen LogP contribution >= 0.6 is 0 Å². The fourth-order valence-electron chi connectivity index (χ4n) is 3.52. The van der Waals surface area contributed by atoms with E-state index < -0.39 is 5.03 Å². The Kier molecular flexibility index (Phi) is 5.22. The molecule has 8 heteroatoms. The fourth-order valence-corrected chi connectivity index (χ4v) is 3.52. The van der Waals surface area contributed by atoms with E-state index in [1.54, 1.807) is 6.07 Å². The van der Waals surface area contributed by atoms with Gasteiger partial charge in [-0.1, -0.05) is 6.07 Å². The van der Waals surface area contributed by atoms with Gasteiger partial charge >= 0.3 is 0 Å². The van der Waals surface area contributed by atoms with Crippen molar-refractivity contribution >= 4 is 11.9 Å². The van der Waals surface area contributed by atoms with Gasteiger partial charge in [-0.15, -0.1) is 0 Å². The zero-order valence-electron chi connectivity index (χ0n) is 15.3. The van der Waals surface area contributed by atoms with Gasteiger partial charge in [0.05, 0.1) is 12.7 Å². The summed E-state index contributed by atoms with van der Waals surface area (Å²) < 4.78 is 5.58. The van der Waals surface area contributed by atoms with Gasteiger partial charge in [0.1, 0.15) is 5.10 Å². The van der Waals surface area contributed by atoms with Crippen molar-refractivity contribution in [2.24, 2.45) is 11.0 Å². The van der Waals surface area contributed by atoms with E-state index in [1.807, 2.05) is 37.8 Å². The van der Waals surface area contributed by atoms with Crippen LogP contribution in [0.25, 0.3) is 0 Å². The van der Waals surface area contributed by atoms with Gasteiger partial charge in [0.2, 0.25) is 0 Å². The van der Waals surface area contributed by atoms with Crippen LogP contribution in [0.3, 0.4) is 0 Å². The minimum atomic E-state index is -0.734. The number of rotatable bonds is 4. The molecule has 2 unspecified atom stereocenters. The molecule has 2 heterocycles. The number of guanidine groups is 1. The predicted molar refractivity (Wildman–Crippen MR) is 96.5 cm³/mol. The summed E-state index contributed by atoms with van der Waals surface area (Å²) in [5, 5.41) is 13.8. The second-order valence-corrected chi connectivity index (χ2v) is 7.09. The Bertz CT molecular complexity index is 749. The Labute approximate surface area is 152 Å². The van der Waals surface area contributed by atoms with E-state index in [9.17, 15) is 14.9 Å². The van der Waals surface area contributed by atoms with Crippen LogP contribution in [0.2, 0.25) is 0 Å². The normalized spacial score (nSPS) is 24.5. The molecule has 1 aromatic carbocycles. The largest absolute Gasteiger partial charge is 0.378 e. The van der Waals surface area contributed by atoms with Crippen LogP contribution in [0.1, 0.15) is 34.8 Å². The van der Waals surface area contributed by atoms with Gasteiger partial charge in [0.15, 0.2) is 5.03 Å². The van der Waals surface area contributed by atoms with Gasteiger partial charge in [0, 0.05) is 31.1 Å². The number of ether oxygens (including phenoxy) is 1. The summed E-state index contributed by atoms with van der Waals surface area (Å²) in [5.74, 6) is 0.156. The lowest BCUT2D eigenvalue weighted by Gasteiger charge is -2.22. The van der Waals surface area contributed by atoms with Crippen LogP contribution in [0.4, 0.5) is 0 Å². The molecule has 1 aromatic rings. The molecule has 1 amide bonds. The van der Waals surface area contributed by atoms with Gasteiger partial charge < -0.3 is 9.64 Å². The number of benzene rings is 1. The summed E-state index contributed by atoms with van der Waals surface area (Å²) in [5.41, 5.74) is 2.62. The first-order valence-corrected chi connectivity index (χ1v) is 8.84. The molecule has 0 spiro atoms. The van der Waals surface area contributed by atoms with Crippen molar-refractivity contribution < 1.29 is 14.6 Å². The molecule has 2 saturated heterocycles. The summed E-state index contributed by atoms with van der Waals surface area (Å²) in [6.07, 6.45) is 1.11. The van der Waals surface area contributed by atoms with Crippen LogP contribution in [0.15, 0.2) is 23.3 Å². The lowest BCUT2D eigenvalue weighted by Crippen LogP contribution is -2.40. The molecule has 3 rings (SSSR count). The standard InChI is InChI=1S/C18H24N4O4/c1-12-4-5-16(8-13(12)2)17(23)21-7-6-20(18(21)19-22(24)25)10-15-9-14(3)26-11-15/h4-5,8,14-15H,6-7,9-11H2,1-3H3. The third-order valence-electron chi connectivity index (χ3n) is 5.05. The minimum absolute atomic E-state index is 0.123. The van der Waals surface area contributed by atoms with Crippen molar-refractivity contribution in [2.45, 2.75) is 33.3 Å². The van der Waals surface area contributed by atoms with Gasteiger partial charge in [0.25, 0.3) is 11.9 Å². The number of nitrogens with zero attached hydrogens (tertiary/aromatic N) is 4. The molecular weight excluding hydrogens is 336 g/mol. The van der Waals surface area contributed by atoms with Crippen molar-refractivity contribution in [3.8, 4) is 0 Å². The van der Waals surface area contributed by atoms with Gasteiger partial charge in [-0.3, -0.25) is 9.69 Å². The van der Waals surface area contributed by atoms with Crippen LogP contribution in [0, 0.1) is 29.9 Å². The maximum Gasteiger partial charge on any atom is 0.281 e. The first-order chi connectivity index (χ1) is 12.3. The highest BCUT2D eigenvalue weighted by atomic mass is 16.7. The molecule has 140 valence electrons. The maximum atomic E-state index is 12.9. The molecule has 2 aliphatic rings. The Balaban J connectivity index is 1.80. The first kappa shape index (κ1) is 18.3. The molecule has 0 saturated carbocycles. The fraction of sp³-hybridized carbons (Fsp3) is 0.556. The number of carbonyl (C=O) groups is 1. The Morgan fingerprint density at radius 1 is 1.35 bits per heavy atom. The summed E-state index contributed by atoms with van der Waals surface area (Å²) in [4.78, 5) is 27.2. The third-order valence-corrected chi connectivity index (χ3v) is 5.05. The maximum absolute atomic E-state index is 12.9. The molecule has 0 bridgehead atoms. The number of hydrogen-bond acceptors (Lipinski definition) is 4. The molecule has 8 nitrogen and oxygen atoms in total. The zero-order valence-corrected chi connectivity index (χ0v) is 15.3. The van der Waals surface area contributed by atoms with E-state index in [1.165, 1.54) is 4.90 Å². The number of aryl methyl sites for hydroxylation is 2. The van der Waals surface area contributed by atoms with Crippen LogP contribution in [-0.2, 0) is 4.74 Å². The highest BCUT2D eigenvalue weighted by Crippen LogP contribution is 2.23. The van der Waals surface area contributed by atoms with Crippen molar-refractivity contribution in [1.82, 2.24) is 9.80 Å². The Hall–Kier alpha value is -2.48. The van der Waals surface area contributed by atoms with E-state index in [0.717, 1.165) is 17.5 Å². The minimum Gasteiger partial charge on any atom is -0.378 e. The smallest absolute Gasteiger partial charge is 0.281 e. The van der Waals surface area contributed by atoms with Crippen molar-refractivity contribution in [3.05, 3.63) is 45.0 Å². The zero-order chi connectivity index (χ0) is 18.8. The van der Waals surface area contributed by atoms with Crippen molar-refractivity contribution in [2.75, 3.05) is 26.2 Å². The number of hydrogen-bond donors (Lipinski definition) is 0. The monoisotopic (exact) mass is 360 g/mol. The quantitative estimate of drug-likeness (QED) is 0.605. The number of hydrazone groups is 1. The van der Waals surface area contributed by atoms with Gasteiger partial charge in [-0.25, -0.2) is 10.1 Å². The van der Waals surface area contributed by atoms with Gasteiger partial charge in [-0.2, -0.15) is 0 Å². The molecule has 0 N–H and O–H groups in total. The second kappa shape index (κ2) is 7.41. The molecule has 2 aliphatic heterocycles. The van der Waals surface area contributed by atoms with E-state index in [-0.39, 0.29) is 18.0 Å². The highest BCUT2D eigenvalue weighted by molar-refractivity contribution is 6.06. The summed E-state index contributed by atoms with van der Waals surface area (Å²) in [6, 6.07) is 5.46. The Morgan fingerprint density at radius 2 is 2.12 bits per heavy atom. The van der Waals surface area contributed by atoms with E-state index in [2.05, 4.69) is 5.10 Å². The number of amides is 1. The third kappa shape index (κ3) is 3.85. The van der Waals surface area contributed by atoms with E-state index >= 15 is 0 Å². The molecular formula is C18H24N4O4. The second-order valence-electron chi connectivity index (χ2n) is 7.09. The highest BCUT2D eigenvalue weighted by Gasteiger charge is 2.37. The summed E-state index contributed by atoms with van der Waals surface area (Å²) in [7, 11) is 0. The topological polar surface area (TPSA) is 88.3 Å². The lowest BCUT2D eigenvalue weighted by molar-refractivity contribution is -0.486.